The van der Waals surface area contributed by atoms with Crippen molar-refractivity contribution in [1.29, 1.82) is 0 Å². The standard InChI is InChI=1S/C12H19N3/c1-3-15(11-5-6-11)12-7-4-10(8-14-12)9(2)13/h4,7-9,11H,3,5-6,13H2,1-2H3. The van der Waals surface area contributed by atoms with Crippen LogP contribution in [0.2, 0.25) is 0 Å². The second kappa shape index (κ2) is 4.19. The Morgan fingerprint density at radius 2 is 2.27 bits per heavy atom. The fourth-order valence-corrected chi connectivity index (χ4v) is 1.83. The number of aromatic nitrogens is 1. The Labute approximate surface area is 91.3 Å². The van der Waals surface area contributed by atoms with Crippen LogP contribution in [0, 0.1) is 0 Å². The molecule has 1 saturated carbocycles. The number of nitrogens with zero attached hydrogens (tertiary/aromatic N) is 2. The summed E-state index contributed by atoms with van der Waals surface area (Å²) < 4.78 is 0. The number of rotatable bonds is 4. The van der Waals surface area contributed by atoms with E-state index in [4.69, 9.17) is 5.73 Å². The molecule has 82 valence electrons. The molecule has 0 amide bonds. The van der Waals surface area contributed by atoms with Gasteiger partial charge >= 0.3 is 0 Å². The van der Waals surface area contributed by atoms with E-state index >= 15 is 0 Å². The summed E-state index contributed by atoms with van der Waals surface area (Å²) in [6, 6.07) is 4.96. The zero-order valence-corrected chi connectivity index (χ0v) is 9.48. The molecule has 1 heterocycles. The van der Waals surface area contributed by atoms with Crippen LogP contribution in [0.1, 0.15) is 38.3 Å². The molecule has 0 aliphatic heterocycles. The molecule has 1 aliphatic carbocycles. The average Bonchev–Trinajstić information content (AvgIpc) is 3.04. The summed E-state index contributed by atoms with van der Waals surface area (Å²) in [5.41, 5.74) is 6.89. The SMILES string of the molecule is CCN(c1ccc(C(C)N)cn1)C1CC1. The summed E-state index contributed by atoms with van der Waals surface area (Å²) >= 11 is 0. The van der Waals surface area contributed by atoms with Crippen LogP contribution in [0.3, 0.4) is 0 Å². The van der Waals surface area contributed by atoms with Crippen LogP contribution in [-0.2, 0) is 0 Å². The van der Waals surface area contributed by atoms with Crippen LogP contribution < -0.4 is 10.6 Å². The molecule has 1 aromatic rings. The van der Waals surface area contributed by atoms with Gasteiger partial charge in [0.25, 0.3) is 0 Å². The summed E-state index contributed by atoms with van der Waals surface area (Å²) in [6.07, 6.45) is 4.51. The Kier molecular flexibility index (Phi) is 2.91. The van der Waals surface area contributed by atoms with Crippen molar-refractivity contribution >= 4 is 5.82 Å². The molecule has 0 bridgehead atoms. The molecule has 0 spiro atoms. The molecule has 0 saturated heterocycles. The minimum atomic E-state index is 0.0718. The molecular formula is C12H19N3. The van der Waals surface area contributed by atoms with Crippen molar-refractivity contribution in [3.05, 3.63) is 23.9 Å². The monoisotopic (exact) mass is 205 g/mol. The van der Waals surface area contributed by atoms with E-state index in [2.05, 4.69) is 28.9 Å². The molecule has 1 fully saturated rings. The van der Waals surface area contributed by atoms with Crippen LogP contribution in [0.15, 0.2) is 18.3 Å². The first-order valence-electron chi connectivity index (χ1n) is 5.70. The van der Waals surface area contributed by atoms with Gasteiger partial charge in [-0.1, -0.05) is 6.07 Å². The molecule has 15 heavy (non-hydrogen) atoms. The molecule has 0 radical (unpaired) electrons. The van der Waals surface area contributed by atoms with E-state index in [1.165, 1.54) is 12.8 Å². The first-order valence-corrected chi connectivity index (χ1v) is 5.70. The van der Waals surface area contributed by atoms with Crippen molar-refractivity contribution in [3.8, 4) is 0 Å². The lowest BCUT2D eigenvalue weighted by atomic mass is 10.1. The van der Waals surface area contributed by atoms with Crippen molar-refractivity contribution in [2.45, 2.75) is 38.8 Å². The summed E-state index contributed by atoms with van der Waals surface area (Å²) in [7, 11) is 0. The minimum Gasteiger partial charge on any atom is -0.354 e. The maximum Gasteiger partial charge on any atom is 0.128 e. The van der Waals surface area contributed by atoms with E-state index in [1.54, 1.807) is 0 Å². The summed E-state index contributed by atoms with van der Waals surface area (Å²) in [5.74, 6) is 1.09. The Morgan fingerprint density at radius 1 is 1.53 bits per heavy atom. The van der Waals surface area contributed by atoms with Crippen LogP contribution in [0.5, 0.6) is 0 Å². The van der Waals surface area contributed by atoms with Gasteiger partial charge < -0.3 is 10.6 Å². The maximum atomic E-state index is 5.79. The Hall–Kier alpha value is -1.09. The van der Waals surface area contributed by atoms with Gasteiger partial charge in [0.2, 0.25) is 0 Å². The van der Waals surface area contributed by atoms with E-state index in [-0.39, 0.29) is 6.04 Å². The van der Waals surface area contributed by atoms with Crippen LogP contribution in [-0.4, -0.2) is 17.6 Å². The predicted octanol–water partition coefficient (Wildman–Crippen LogP) is 2.09. The number of nitrogens with two attached hydrogens (primary N) is 1. The quantitative estimate of drug-likeness (QED) is 0.818. The second-order valence-electron chi connectivity index (χ2n) is 4.26. The van der Waals surface area contributed by atoms with E-state index in [0.717, 1.165) is 24.0 Å². The molecule has 1 atom stereocenters. The molecule has 0 aromatic carbocycles. The first kappa shape index (κ1) is 10.4. The number of anilines is 1. The van der Waals surface area contributed by atoms with Crippen molar-refractivity contribution < 1.29 is 0 Å². The third kappa shape index (κ3) is 2.29. The fraction of sp³-hybridized carbons (Fsp3) is 0.583. The first-order chi connectivity index (χ1) is 7.22. The predicted molar refractivity (Wildman–Crippen MR) is 62.9 cm³/mol. The smallest absolute Gasteiger partial charge is 0.128 e. The lowest BCUT2D eigenvalue weighted by Gasteiger charge is -2.21. The minimum absolute atomic E-state index is 0.0718. The molecular weight excluding hydrogens is 186 g/mol. The topological polar surface area (TPSA) is 42.1 Å². The van der Waals surface area contributed by atoms with Gasteiger partial charge in [0.1, 0.15) is 5.82 Å². The van der Waals surface area contributed by atoms with E-state index in [9.17, 15) is 0 Å². The van der Waals surface area contributed by atoms with Gasteiger partial charge in [-0.2, -0.15) is 0 Å². The molecule has 1 aromatic heterocycles. The largest absolute Gasteiger partial charge is 0.354 e. The van der Waals surface area contributed by atoms with E-state index < -0.39 is 0 Å². The zero-order valence-electron chi connectivity index (χ0n) is 9.48. The fourth-order valence-electron chi connectivity index (χ4n) is 1.83. The van der Waals surface area contributed by atoms with E-state index in [1.807, 2.05) is 13.1 Å². The Balaban J connectivity index is 2.14. The highest BCUT2D eigenvalue weighted by Crippen LogP contribution is 2.30. The van der Waals surface area contributed by atoms with Gasteiger partial charge in [-0.25, -0.2) is 4.98 Å². The van der Waals surface area contributed by atoms with Crippen LogP contribution in [0.4, 0.5) is 5.82 Å². The molecule has 3 heteroatoms. The molecule has 2 N–H and O–H groups in total. The lowest BCUT2D eigenvalue weighted by molar-refractivity contribution is 0.789. The molecule has 2 rings (SSSR count). The number of hydrogen-bond acceptors (Lipinski definition) is 3. The highest BCUT2D eigenvalue weighted by atomic mass is 15.2. The zero-order chi connectivity index (χ0) is 10.8. The van der Waals surface area contributed by atoms with Gasteiger partial charge in [0.15, 0.2) is 0 Å². The van der Waals surface area contributed by atoms with Crippen molar-refractivity contribution in [3.63, 3.8) is 0 Å². The third-order valence-electron chi connectivity index (χ3n) is 2.92. The second-order valence-corrected chi connectivity index (χ2v) is 4.26. The van der Waals surface area contributed by atoms with E-state index in [0.29, 0.717) is 0 Å². The van der Waals surface area contributed by atoms with Crippen molar-refractivity contribution in [2.75, 3.05) is 11.4 Å². The highest BCUT2D eigenvalue weighted by molar-refractivity contribution is 5.42. The van der Waals surface area contributed by atoms with Crippen LogP contribution in [0.25, 0.3) is 0 Å². The highest BCUT2D eigenvalue weighted by Gasteiger charge is 2.28. The third-order valence-corrected chi connectivity index (χ3v) is 2.92. The summed E-state index contributed by atoms with van der Waals surface area (Å²) in [4.78, 5) is 6.84. The Bertz CT molecular complexity index is 314. The lowest BCUT2D eigenvalue weighted by Crippen LogP contribution is -2.26. The Morgan fingerprint density at radius 3 is 2.67 bits per heavy atom. The van der Waals surface area contributed by atoms with Gasteiger partial charge in [0.05, 0.1) is 0 Å². The van der Waals surface area contributed by atoms with Gasteiger partial charge in [0, 0.05) is 24.8 Å². The van der Waals surface area contributed by atoms with Gasteiger partial charge in [-0.05, 0) is 38.3 Å². The van der Waals surface area contributed by atoms with Gasteiger partial charge in [-0.15, -0.1) is 0 Å². The average molecular weight is 205 g/mol. The van der Waals surface area contributed by atoms with Gasteiger partial charge in [-0.3, -0.25) is 0 Å². The number of hydrogen-bond donors (Lipinski definition) is 1. The van der Waals surface area contributed by atoms with Crippen molar-refractivity contribution in [2.24, 2.45) is 5.73 Å². The molecule has 1 aliphatic rings. The maximum absolute atomic E-state index is 5.79. The summed E-state index contributed by atoms with van der Waals surface area (Å²) in [6.45, 7) is 5.20. The molecule has 3 nitrogen and oxygen atoms in total. The number of pyridine rings is 1. The normalized spacial score (nSPS) is 17.5. The van der Waals surface area contributed by atoms with Crippen molar-refractivity contribution in [1.82, 2.24) is 4.98 Å². The summed E-state index contributed by atoms with van der Waals surface area (Å²) in [5, 5.41) is 0. The molecule has 1 unspecified atom stereocenters. The van der Waals surface area contributed by atoms with Crippen LogP contribution >= 0.6 is 0 Å².